The van der Waals surface area contributed by atoms with E-state index in [9.17, 15) is 13.2 Å². The number of nitrogens with zero attached hydrogens (tertiary/aromatic N) is 1. The van der Waals surface area contributed by atoms with E-state index in [1.165, 1.54) is 0 Å². The first-order valence-electron chi connectivity index (χ1n) is 12.6. The Kier molecular flexibility index (Phi) is 9.66. The zero-order valence-corrected chi connectivity index (χ0v) is 21.8. The molecular formula is C28H39N3O3S. The number of carbonyl (C=O) groups is 1. The summed E-state index contributed by atoms with van der Waals surface area (Å²) >= 11 is 0. The van der Waals surface area contributed by atoms with Gasteiger partial charge in [0.05, 0.1) is 10.8 Å². The van der Waals surface area contributed by atoms with Gasteiger partial charge in [0.15, 0.2) is 0 Å². The molecule has 0 aliphatic carbocycles. The maximum absolute atomic E-state index is 13.4. The molecule has 1 aromatic carbocycles. The van der Waals surface area contributed by atoms with Crippen molar-refractivity contribution in [2.75, 3.05) is 19.6 Å². The summed E-state index contributed by atoms with van der Waals surface area (Å²) in [4.78, 5) is 13.0. The first-order valence-corrected chi connectivity index (χ1v) is 14.0. The lowest BCUT2D eigenvalue weighted by atomic mass is 9.87. The highest BCUT2D eigenvalue weighted by Crippen LogP contribution is 2.40. The van der Waals surface area contributed by atoms with Crippen molar-refractivity contribution in [3.05, 3.63) is 78.4 Å². The molecular weight excluding hydrogens is 458 g/mol. The molecule has 3 rings (SSSR count). The molecule has 0 bridgehead atoms. The second-order valence-electron chi connectivity index (χ2n) is 9.35. The van der Waals surface area contributed by atoms with E-state index in [-0.39, 0.29) is 17.4 Å². The molecule has 7 heteroatoms. The topological polar surface area (TPSA) is 78.5 Å². The van der Waals surface area contributed by atoms with E-state index in [1.807, 2.05) is 50.3 Å². The standard InChI is InChI=1S/C28H39N3O3S/c1-4-6-7-9-23(3)10-13-25(5-2)27(32)30-22-24-11-14-26(15-12-24)35(33,34)31-21-8-16-28(31)17-19-29-20-18-28/h4,6-7,9-15,25,29H,3,5,8,16-22H2,1-2H3,(H,30,32). The molecule has 2 aliphatic rings. The summed E-state index contributed by atoms with van der Waals surface area (Å²) < 4.78 is 28.6. The maximum atomic E-state index is 13.4. The molecule has 1 atom stereocenters. The van der Waals surface area contributed by atoms with Crippen molar-refractivity contribution in [3.8, 4) is 0 Å². The van der Waals surface area contributed by atoms with E-state index in [1.54, 1.807) is 28.6 Å². The van der Waals surface area contributed by atoms with Gasteiger partial charge >= 0.3 is 0 Å². The number of allylic oxidation sites excluding steroid dienone is 6. The number of amides is 1. The van der Waals surface area contributed by atoms with Crippen molar-refractivity contribution in [1.29, 1.82) is 0 Å². The van der Waals surface area contributed by atoms with Gasteiger partial charge in [0.1, 0.15) is 0 Å². The van der Waals surface area contributed by atoms with Gasteiger partial charge in [-0.2, -0.15) is 4.31 Å². The van der Waals surface area contributed by atoms with Crippen molar-refractivity contribution < 1.29 is 13.2 Å². The Morgan fingerprint density at radius 2 is 1.89 bits per heavy atom. The van der Waals surface area contributed by atoms with Crippen LogP contribution >= 0.6 is 0 Å². The summed E-state index contributed by atoms with van der Waals surface area (Å²) in [5, 5.41) is 6.31. The van der Waals surface area contributed by atoms with Crippen molar-refractivity contribution in [3.63, 3.8) is 0 Å². The Labute approximate surface area is 210 Å². The van der Waals surface area contributed by atoms with Gasteiger partial charge in [-0.3, -0.25) is 4.79 Å². The summed E-state index contributed by atoms with van der Waals surface area (Å²) in [5.74, 6) is -0.312. The molecule has 2 saturated heterocycles. The minimum absolute atomic E-state index is 0.0596. The van der Waals surface area contributed by atoms with E-state index in [2.05, 4.69) is 17.2 Å². The molecule has 6 nitrogen and oxygen atoms in total. The highest BCUT2D eigenvalue weighted by Gasteiger charge is 2.47. The minimum Gasteiger partial charge on any atom is -0.352 e. The Balaban J connectivity index is 1.60. The molecule has 190 valence electrons. The molecule has 1 spiro atoms. The van der Waals surface area contributed by atoms with E-state index < -0.39 is 10.0 Å². The third-order valence-electron chi connectivity index (χ3n) is 6.98. The number of benzene rings is 1. The summed E-state index contributed by atoms with van der Waals surface area (Å²) in [6.07, 6.45) is 15.7. The van der Waals surface area contributed by atoms with Gasteiger partial charge in [-0.05, 0) is 75.4 Å². The number of sulfonamides is 1. The SMILES string of the molecule is C=C(C=CC=CC)C=CC(CC)C(=O)NCc1ccc(S(=O)(=O)N2CCCC23CCNCC3)cc1. The van der Waals surface area contributed by atoms with E-state index in [0.717, 1.165) is 49.9 Å². The van der Waals surface area contributed by atoms with Gasteiger partial charge in [-0.25, -0.2) is 8.42 Å². The summed E-state index contributed by atoms with van der Waals surface area (Å²) in [7, 11) is -3.55. The average molecular weight is 498 g/mol. The normalized spacial score (nSPS) is 19.7. The molecule has 2 N–H and O–H groups in total. The Hall–Kier alpha value is -2.48. The highest BCUT2D eigenvalue weighted by molar-refractivity contribution is 7.89. The van der Waals surface area contributed by atoms with Crippen LogP contribution in [0.1, 0.15) is 51.5 Å². The zero-order chi connectivity index (χ0) is 25.3. The molecule has 0 aromatic heterocycles. The van der Waals surface area contributed by atoms with Crippen LogP contribution in [0.2, 0.25) is 0 Å². The molecule has 35 heavy (non-hydrogen) atoms. The molecule has 1 unspecified atom stereocenters. The van der Waals surface area contributed by atoms with Gasteiger partial charge in [-0.15, -0.1) is 0 Å². The lowest BCUT2D eigenvalue weighted by molar-refractivity contribution is -0.123. The smallest absolute Gasteiger partial charge is 0.243 e. The van der Waals surface area contributed by atoms with Gasteiger partial charge in [-0.1, -0.05) is 62.1 Å². The minimum atomic E-state index is -3.55. The monoisotopic (exact) mass is 497 g/mol. The second kappa shape index (κ2) is 12.5. The fourth-order valence-electron chi connectivity index (χ4n) is 4.90. The van der Waals surface area contributed by atoms with Crippen LogP contribution in [-0.2, 0) is 21.4 Å². The average Bonchev–Trinajstić information content (AvgIpc) is 3.27. The van der Waals surface area contributed by atoms with Crippen molar-refractivity contribution in [2.24, 2.45) is 5.92 Å². The summed E-state index contributed by atoms with van der Waals surface area (Å²) in [5.41, 5.74) is 1.45. The van der Waals surface area contributed by atoms with Crippen LogP contribution in [0.4, 0.5) is 0 Å². The fraction of sp³-hybridized carbons (Fsp3) is 0.464. The van der Waals surface area contributed by atoms with Crippen LogP contribution in [0.25, 0.3) is 0 Å². The van der Waals surface area contributed by atoms with Gasteiger partial charge in [0.25, 0.3) is 0 Å². The van der Waals surface area contributed by atoms with Crippen LogP contribution < -0.4 is 10.6 Å². The fourth-order valence-corrected chi connectivity index (χ4v) is 6.79. The Morgan fingerprint density at radius 1 is 1.17 bits per heavy atom. The molecule has 0 radical (unpaired) electrons. The van der Waals surface area contributed by atoms with E-state index in [4.69, 9.17) is 0 Å². The Morgan fingerprint density at radius 3 is 2.54 bits per heavy atom. The molecule has 1 amide bonds. The summed E-state index contributed by atoms with van der Waals surface area (Å²) in [6.45, 7) is 10.6. The van der Waals surface area contributed by atoms with Crippen LogP contribution in [0.15, 0.2) is 77.8 Å². The lowest BCUT2D eigenvalue weighted by Gasteiger charge is -2.40. The Bertz CT molecular complexity index is 1070. The second-order valence-corrected chi connectivity index (χ2v) is 11.2. The van der Waals surface area contributed by atoms with Crippen LogP contribution in [0, 0.1) is 5.92 Å². The molecule has 2 heterocycles. The van der Waals surface area contributed by atoms with Crippen molar-refractivity contribution in [2.45, 2.75) is 62.9 Å². The first kappa shape index (κ1) is 27.1. The van der Waals surface area contributed by atoms with Crippen LogP contribution in [-0.4, -0.2) is 43.8 Å². The quantitative estimate of drug-likeness (QED) is 0.467. The van der Waals surface area contributed by atoms with E-state index >= 15 is 0 Å². The third kappa shape index (κ3) is 6.81. The van der Waals surface area contributed by atoms with Gasteiger partial charge < -0.3 is 10.6 Å². The molecule has 0 saturated carbocycles. The highest BCUT2D eigenvalue weighted by atomic mass is 32.2. The number of piperidine rings is 1. The lowest BCUT2D eigenvalue weighted by Crippen LogP contribution is -2.52. The zero-order valence-electron chi connectivity index (χ0n) is 21.0. The summed E-state index contributed by atoms with van der Waals surface area (Å²) in [6, 6.07) is 6.93. The molecule has 2 aliphatic heterocycles. The predicted octanol–water partition coefficient (Wildman–Crippen LogP) is 4.48. The number of hydrogen-bond donors (Lipinski definition) is 2. The number of nitrogens with one attached hydrogen (secondary N) is 2. The van der Waals surface area contributed by atoms with Crippen molar-refractivity contribution >= 4 is 15.9 Å². The molecule has 1 aromatic rings. The number of carbonyl (C=O) groups excluding carboxylic acids is 1. The largest absolute Gasteiger partial charge is 0.352 e. The third-order valence-corrected chi connectivity index (χ3v) is 9.00. The predicted molar refractivity (Wildman–Crippen MR) is 142 cm³/mol. The van der Waals surface area contributed by atoms with Gasteiger partial charge in [0, 0.05) is 18.6 Å². The number of hydrogen-bond acceptors (Lipinski definition) is 4. The van der Waals surface area contributed by atoms with Gasteiger partial charge in [0.2, 0.25) is 15.9 Å². The molecule has 2 fully saturated rings. The van der Waals surface area contributed by atoms with E-state index in [0.29, 0.717) is 24.4 Å². The van der Waals surface area contributed by atoms with Crippen molar-refractivity contribution in [1.82, 2.24) is 14.9 Å². The first-order chi connectivity index (χ1) is 16.8. The van der Waals surface area contributed by atoms with Crippen LogP contribution in [0.3, 0.4) is 0 Å². The van der Waals surface area contributed by atoms with Crippen LogP contribution in [0.5, 0.6) is 0 Å². The maximum Gasteiger partial charge on any atom is 0.243 e. The number of rotatable bonds is 10.